The molecule has 0 aliphatic carbocycles. The summed E-state index contributed by atoms with van der Waals surface area (Å²) in [6.45, 7) is 2.09. The van der Waals surface area contributed by atoms with Crippen molar-refractivity contribution in [3.63, 3.8) is 0 Å². The number of ketones is 1. The van der Waals surface area contributed by atoms with Gasteiger partial charge < -0.3 is 9.72 Å². The Labute approximate surface area is 180 Å². The Kier molecular flexibility index (Phi) is 6.79. The summed E-state index contributed by atoms with van der Waals surface area (Å²) in [7, 11) is -4.40. The number of aromatic amines is 1. The SMILES string of the molecule is CCCCC(=O)CS(=O)(=O)Nn1c(=O)[nH]c2cc(C(F)(F)F)c(C3CCCO3)cc2c1=O. The molecule has 1 aromatic carbocycles. The molecule has 1 unspecified atom stereocenters. The van der Waals surface area contributed by atoms with E-state index in [-0.39, 0.29) is 28.7 Å². The minimum absolute atomic E-state index is 0.0192. The molecule has 1 aliphatic rings. The maximum absolute atomic E-state index is 13.6. The van der Waals surface area contributed by atoms with Crippen molar-refractivity contribution in [3.05, 3.63) is 44.1 Å². The van der Waals surface area contributed by atoms with Gasteiger partial charge in [-0.1, -0.05) is 13.3 Å². The topological polar surface area (TPSA) is 127 Å². The summed E-state index contributed by atoms with van der Waals surface area (Å²) < 4.78 is 70.8. The molecule has 0 radical (unpaired) electrons. The quantitative estimate of drug-likeness (QED) is 0.600. The lowest BCUT2D eigenvalue weighted by Gasteiger charge is -2.18. The Bertz CT molecular complexity index is 1240. The number of ether oxygens (including phenoxy) is 1. The number of Topliss-reactive ketones (excluding diaryl/α,β-unsaturated/α-hetero) is 1. The van der Waals surface area contributed by atoms with Crippen molar-refractivity contribution in [2.75, 3.05) is 17.2 Å². The molecule has 1 fully saturated rings. The number of hydrogen-bond acceptors (Lipinski definition) is 6. The lowest BCUT2D eigenvalue weighted by atomic mass is 9.97. The number of rotatable bonds is 8. The average Bonchev–Trinajstić information content (AvgIpc) is 3.22. The van der Waals surface area contributed by atoms with E-state index in [1.54, 1.807) is 4.83 Å². The second kappa shape index (κ2) is 9.06. The van der Waals surface area contributed by atoms with Crippen LogP contribution in [0.4, 0.5) is 13.2 Å². The Balaban J connectivity index is 2.07. The molecule has 13 heteroatoms. The smallest absolute Gasteiger partial charge is 0.374 e. The number of hydrogen-bond donors (Lipinski definition) is 2. The van der Waals surface area contributed by atoms with E-state index in [1.165, 1.54) is 0 Å². The monoisotopic (exact) mass is 477 g/mol. The van der Waals surface area contributed by atoms with E-state index in [1.807, 2.05) is 6.92 Å². The maximum atomic E-state index is 13.6. The zero-order chi connectivity index (χ0) is 23.7. The van der Waals surface area contributed by atoms with Gasteiger partial charge in [0.25, 0.3) is 15.6 Å². The minimum atomic E-state index is -4.76. The van der Waals surface area contributed by atoms with Gasteiger partial charge in [0, 0.05) is 13.0 Å². The summed E-state index contributed by atoms with van der Waals surface area (Å²) in [6.07, 6.45) is -3.61. The standard InChI is InChI=1S/C19H22F3N3O6S/c1-2-3-5-11(26)10-32(29,30)24-25-17(27)13-8-12(16-6-4-7-31-16)14(19(20,21)22)9-15(13)23-18(25)28/h8-9,16,24H,2-7,10H2,1H3,(H,23,28). The van der Waals surface area contributed by atoms with E-state index in [4.69, 9.17) is 4.74 Å². The molecule has 2 aromatic rings. The van der Waals surface area contributed by atoms with E-state index in [0.29, 0.717) is 31.7 Å². The fourth-order valence-corrected chi connectivity index (χ4v) is 4.60. The summed E-state index contributed by atoms with van der Waals surface area (Å²) in [5.41, 5.74) is -4.17. The lowest BCUT2D eigenvalue weighted by molar-refractivity contribution is -0.139. The van der Waals surface area contributed by atoms with Crippen molar-refractivity contribution >= 4 is 26.7 Å². The van der Waals surface area contributed by atoms with Crippen LogP contribution in [0.25, 0.3) is 10.9 Å². The van der Waals surface area contributed by atoms with Crippen LogP contribution < -0.4 is 16.1 Å². The van der Waals surface area contributed by atoms with Gasteiger partial charge >= 0.3 is 11.9 Å². The molecule has 1 aliphatic heterocycles. The first kappa shape index (κ1) is 24.0. The van der Waals surface area contributed by atoms with Crippen LogP contribution in [0, 0.1) is 0 Å². The highest BCUT2D eigenvalue weighted by Gasteiger charge is 2.37. The third-order valence-corrected chi connectivity index (χ3v) is 6.20. The van der Waals surface area contributed by atoms with Crippen molar-refractivity contribution in [3.8, 4) is 0 Å². The van der Waals surface area contributed by atoms with Crippen LogP contribution in [0.5, 0.6) is 0 Å². The molecule has 1 saturated heterocycles. The molecule has 32 heavy (non-hydrogen) atoms. The van der Waals surface area contributed by atoms with Crippen molar-refractivity contribution in [1.82, 2.24) is 9.66 Å². The molecule has 2 heterocycles. The molecule has 2 N–H and O–H groups in total. The van der Waals surface area contributed by atoms with Crippen molar-refractivity contribution in [1.29, 1.82) is 0 Å². The van der Waals surface area contributed by atoms with Crippen LogP contribution in [0.1, 0.15) is 56.3 Å². The zero-order valence-corrected chi connectivity index (χ0v) is 17.9. The number of halogens is 3. The van der Waals surface area contributed by atoms with Crippen molar-refractivity contribution in [2.45, 2.75) is 51.3 Å². The molecular weight excluding hydrogens is 455 g/mol. The average molecular weight is 477 g/mol. The molecular formula is C19H22F3N3O6S. The number of nitrogens with one attached hydrogen (secondary N) is 2. The summed E-state index contributed by atoms with van der Waals surface area (Å²) >= 11 is 0. The van der Waals surface area contributed by atoms with Gasteiger partial charge in [0.2, 0.25) is 0 Å². The van der Waals surface area contributed by atoms with Crippen LogP contribution in [0.3, 0.4) is 0 Å². The number of carbonyl (C=O) groups is 1. The summed E-state index contributed by atoms with van der Waals surface area (Å²) in [5, 5.41) is -0.330. The van der Waals surface area contributed by atoms with E-state index in [0.717, 1.165) is 6.07 Å². The third-order valence-electron chi connectivity index (χ3n) is 5.04. The van der Waals surface area contributed by atoms with Gasteiger partial charge in [-0.15, -0.1) is 0 Å². The van der Waals surface area contributed by atoms with Crippen LogP contribution in [0.15, 0.2) is 21.7 Å². The van der Waals surface area contributed by atoms with Crippen molar-refractivity contribution in [2.24, 2.45) is 0 Å². The first-order chi connectivity index (χ1) is 14.9. The first-order valence-corrected chi connectivity index (χ1v) is 11.6. The highest BCUT2D eigenvalue weighted by Crippen LogP contribution is 2.40. The zero-order valence-electron chi connectivity index (χ0n) is 17.1. The number of aromatic nitrogens is 2. The fourth-order valence-electron chi connectivity index (χ4n) is 3.53. The Morgan fingerprint density at radius 1 is 1.31 bits per heavy atom. The van der Waals surface area contributed by atoms with Crippen LogP contribution >= 0.6 is 0 Å². The molecule has 3 rings (SSSR count). The summed E-state index contributed by atoms with van der Waals surface area (Å²) in [5.74, 6) is -1.54. The molecule has 0 amide bonds. The molecule has 0 saturated carbocycles. The fraction of sp³-hybridized carbons (Fsp3) is 0.526. The van der Waals surface area contributed by atoms with Crippen LogP contribution in [-0.4, -0.2) is 36.2 Å². The Morgan fingerprint density at radius 2 is 2.03 bits per heavy atom. The van der Waals surface area contributed by atoms with E-state index in [2.05, 4.69) is 4.98 Å². The van der Waals surface area contributed by atoms with Gasteiger partial charge in [-0.3, -0.25) is 9.59 Å². The first-order valence-electron chi connectivity index (χ1n) is 9.97. The molecule has 0 bridgehead atoms. The Hall–Kier alpha value is -2.67. The molecule has 176 valence electrons. The third kappa shape index (κ3) is 5.21. The maximum Gasteiger partial charge on any atom is 0.416 e. The number of benzene rings is 1. The number of unbranched alkanes of at least 4 members (excludes halogenated alkanes) is 1. The number of sulfonamides is 1. The lowest BCUT2D eigenvalue weighted by Crippen LogP contribution is -2.45. The van der Waals surface area contributed by atoms with E-state index >= 15 is 0 Å². The normalized spacial score (nSPS) is 17.1. The van der Waals surface area contributed by atoms with Crippen LogP contribution in [0.2, 0.25) is 0 Å². The second-order valence-corrected chi connectivity index (χ2v) is 9.25. The second-order valence-electron chi connectivity index (χ2n) is 7.55. The van der Waals surface area contributed by atoms with Gasteiger partial charge in [0.1, 0.15) is 11.5 Å². The molecule has 9 nitrogen and oxygen atoms in total. The summed E-state index contributed by atoms with van der Waals surface area (Å²) in [6, 6.07) is 1.60. The Morgan fingerprint density at radius 3 is 2.62 bits per heavy atom. The number of nitrogens with zero attached hydrogens (tertiary/aromatic N) is 1. The number of alkyl halides is 3. The molecule has 1 atom stereocenters. The number of H-pyrrole nitrogens is 1. The van der Waals surface area contributed by atoms with Gasteiger partial charge in [-0.2, -0.15) is 17.8 Å². The number of carbonyl (C=O) groups excluding carboxylic acids is 1. The largest absolute Gasteiger partial charge is 0.416 e. The highest BCUT2D eigenvalue weighted by atomic mass is 32.2. The summed E-state index contributed by atoms with van der Waals surface area (Å²) in [4.78, 5) is 40.7. The van der Waals surface area contributed by atoms with Gasteiger partial charge in [-0.25, -0.2) is 18.0 Å². The predicted molar refractivity (Wildman–Crippen MR) is 109 cm³/mol. The molecule has 0 spiro atoms. The highest BCUT2D eigenvalue weighted by molar-refractivity contribution is 7.93. The van der Waals surface area contributed by atoms with Gasteiger partial charge in [0.15, 0.2) is 0 Å². The van der Waals surface area contributed by atoms with E-state index in [9.17, 15) is 36.0 Å². The predicted octanol–water partition coefficient (Wildman–Crippen LogP) is 2.19. The van der Waals surface area contributed by atoms with Crippen LogP contribution in [-0.2, 0) is 25.7 Å². The van der Waals surface area contributed by atoms with Gasteiger partial charge in [0.05, 0.1) is 22.6 Å². The van der Waals surface area contributed by atoms with Gasteiger partial charge in [-0.05, 0) is 37.0 Å². The number of fused-ring (bicyclic) bond motifs is 1. The minimum Gasteiger partial charge on any atom is -0.374 e. The van der Waals surface area contributed by atoms with E-state index < -0.39 is 56.2 Å². The molecule has 1 aromatic heterocycles. The van der Waals surface area contributed by atoms with Crippen molar-refractivity contribution < 1.29 is 31.1 Å².